The van der Waals surface area contributed by atoms with Gasteiger partial charge in [-0.2, -0.15) is 0 Å². The van der Waals surface area contributed by atoms with Gasteiger partial charge >= 0.3 is 21.4 Å². The van der Waals surface area contributed by atoms with Crippen molar-refractivity contribution in [3.63, 3.8) is 0 Å². The molecule has 30 heavy (non-hydrogen) atoms. The summed E-state index contributed by atoms with van der Waals surface area (Å²) in [6.07, 6.45) is 0. The van der Waals surface area contributed by atoms with E-state index in [1.807, 2.05) is 72.8 Å². The van der Waals surface area contributed by atoms with E-state index in [9.17, 15) is 10.2 Å². The van der Waals surface area contributed by atoms with E-state index in [4.69, 9.17) is 18.5 Å². The third-order valence-electron chi connectivity index (χ3n) is 5.00. The minimum absolute atomic E-state index is 0.0237. The fourth-order valence-corrected chi connectivity index (χ4v) is 3.23. The van der Waals surface area contributed by atoms with Crippen LogP contribution in [0.2, 0.25) is 0 Å². The van der Waals surface area contributed by atoms with E-state index in [2.05, 4.69) is 0 Å². The Labute approximate surface area is 176 Å². The van der Waals surface area contributed by atoms with Gasteiger partial charge < -0.3 is 28.7 Å². The van der Waals surface area contributed by atoms with Gasteiger partial charge in [-0.05, 0) is 39.6 Å². The molecule has 1 heterocycles. The van der Waals surface area contributed by atoms with Crippen molar-refractivity contribution in [1.29, 1.82) is 0 Å². The summed E-state index contributed by atoms with van der Waals surface area (Å²) in [5, 5.41) is 18.6. The van der Waals surface area contributed by atoms with Crippen LogP contribution in [0.5, 0.6) is 5.75 Å². The minimum Gasteiger partial charge on any atom is -0.497 e. The normalized spacial score (nSPS) is 14.2. The molecule has 1 aliphatic rings. The zero-order chi connectivity index (χ0) is 20.9. The van der Waals surface area contributed by atoms with Crippen molar-refractivity contribution in [3.05, 3.63) is 83.9 Å². The van der Waals surface area contributed by atoms with Crippen LogP contribution >= 0.6 is 0 Å². The lowest BCUT2D eigenvalue weighted by atomic mass is 9.61. The number of benzene rings is 3. The van der Waals surface area contributed by atoms with Crippen molar-refractivity contribution in [2.24, 2.45) is 0 Å². The molecule has 0 atom stereocenters. The second kappa shape index (κ2) is 9.51. The molecule has 0 bridgehead atoms. The summed E-state index contributed by atoms with van der Waals surface area (Å²) in [4.78, 5) is 0. The Hall–Kier alpha value is -2.55. The summed E-state index contributed by atoms with van der Waals surface area (Å²) < 4.78 is 23.6. The molecule has 6 nitrogen and oxygen atoms in total. The topological polar surface area (TPSA) is 77.4 Å². The number of methoxy groups -OCH3 is 1. The third kappa shape index (κ3) is 4.61. The minimum atomic E-state index is -0.652. The zero-order valence-electron chi connectivity index (χ0n) is 16.6. The zero-order valence-corrected chi connectivity index (χ0v) is 16.6. The van der Waals surface area contributed by atoms with E-state index in [0.29, 0.717) is 0 Å². The molecule has 9 heteroatoms. The van der Waals surface area contributed by atoms with Crippen LogP contribution in [0.25, 0.3) is 0 Å². The highest BCUT2D eigenvalue weighted by Gasteiger charge is 2.43. The smallest absolute Gasteiger partial charge is 0.467 e. The molecule has 0 aromatic heterocycles. The first kappa shape index (κ1) is 20.7. The highest BCUT2D eigenvalue weighted by molar-refractivity contribution is 6.87. The fourth-order valence-electron chi connectivity index (χ4n) is 3.23. The fraction of sp³-hybridized carbons (Fsp3) is 0.143. The molecule has 0 amide bonds. The second-order valence-corrected chi connectivity index (χ2v) is 6.98. The summed E-state index contributed by atoms with van der Waals surface area (Å²) in [6.45, 7) is -0.0475. The first-order valence-electron chi connectivity index (χ1n) is 9.70. The number of ether oxygens (including phenoxy) is 1. The third-order valence-corrected chi connectivity index (χ3v) is 5.00. The van der Waals surface area contributed by atoms with Gasteiger partial charge in [0.25, 0.3) is 0 Å². The number of aliphatic hydroxyl groups is 2. The van der Waals surface area contributed by atoms with Gasteiger partial charge in [-0.1, -0.05) is 60.7 Å². The number of rotatable bonds is 6. The van der Waals surface area contributed by atoms with Gasteiger partial charge in [-0.3, -0.25) is 0 Å². The standard InChI is InChI=1S/C21H21B3O6/c1-27-21-12-10-20(11-13-21)24-29-22(18-6-2-16(14-25)3-7-18)28-23(30-24)19-8-4-17(15-26)5-9-19/h2-13,25-26H,14-15H2,1H3. The van der Waals surface area contributed by atoms with E-state index in [1.165, 1.54) is 0 Å². The van der Waals surface area contributed by atoms with Crippen molar-refractivity contribution in [3.8, 4) is 5.75 Å². The molecule has 3 aromatic carbocycles. The number of aliphatic hydroxyl groups excluding tert-OH is 2. The Bertz CT molecular complexity index is 817. The quantitative estimate of drug-likeness (QED) is 0.576. The predicted octanol–water partition coefficient (Wildman–Crippen LogP) is 0.229. The van der Waals surface area contributed by atoms with E-state index in [1.54, 1.807) is 7.11 Å². The maximum atomic E-state index is 9.30. The van der Waals surface area contributed by atoms with E-state index < -0.39 is 21.4 Å². The predicted molar refractivity (Wildman–Crippen MR) is 117 cm³/mol. The molecule has 4 rings (SSSR count). The Morgan fingerprint density at radius 2 is 0.933 bits per heavy atom. The van der Waals surface area contributed by atoms with Crippen molar-refractivity contribution in [2.75, 3.05) is 7.11 Å². The molecule has 0 radical (unpaired) electrons. The lowest BCUT2D eigenvalue weighted by Crippen LogP contribution is -2.61. The van der Waals surface area contributed by atoms with Crippen LogP contribution < -0.4 is 21.1 Å². The van der Waals surface area contributed by atoms with Crippen LogP contribution in [0.15, 0.2) is 72.8 Å². The van der Waals surface area contributed by atoms with Gasteiger partial charge in [0, 0.05) is 0 Å². The summed E-state index contributed by atoms with van der Waals surface area (Å²) in [6, 6.07) is 22.3. The van der Waals surface area contributed by atoms with E-state index >= 15 is 0 Å². The molecule has 0 spiro atoms. The molecule has 1 aliphatic heterocycles. The molecule has 2 N–H and O–H groups in total. The largest absolute Gasteiger partial charge is 0.497 e. The van der Waals surface area contributed by atoms with Crippen LogP contribution in [-0.2, 0) is 26.9 Å². The van der Waals surface area contributed by atoms with Crippen LogP contribution in [0.4, 0.5) is 0 Å². The molecule has 0 aliphatic carbocycles. The van der Waals surface area contributed by atoms with Crippen molar-refractivity contribution >= 4 is 37.7 Å². The van der Waals surface area contributed by atoms with Gasteiger partial charge in [-0.25, -0.2) is 0 Å². The Morgan fingerprint density at radius 3 is 1.23 bits per heavy atom. The molecular weight excluding hydrogens is 381 g/mol. The van der Waals surface area contributed by atoms with Gasteiger partial charge in [0.2, 0.25) is 0 Å². The van der Waals surface area contributed by atoms with Crippen LogP contribution in [0, 0.1) is 0 Å². The lowest BCUT2D eigenvalue weighted by molar-refractivity contribution is 0.281. The molecule has 3 aromatic rings. The molecule has 0 saturated carbocycles. The van der Waals surface area contributed by atoms with Crippen LogP contribution in [-0.4, -0.2) is 38.7 Å². The van der Waals surface area contributed by atoms with Crippen molar-refractivity contribution in [1.82, 2.24) is 0 Å². The van der Waals surface area contributed by atoms with E-state index in [-0.39, 0.29) is 13.2 Å². The Balaban J connectivity index is 1.63. The molecule has 1 saturated heterocycles. The lowest BCUT2D eigenvalue weighted by Gasteiger charge is -2.31. The maximum Gasteiger partial charge on any atom is 0.467 e. The SMILES string of the molecule is COc1ccc(B2OB(c3ccc(CO)cc3)OB(c3ccc(CO)cc3)O2)cc1. The summed E-state index contributed by atoms with van der Waals surface area (Å²) in [7, 11) is -0.328. The highest BCUT2D eigenvalue weighted by atomic mass is 16.7. The van der Waals surface area contributed by atoms with Gasteiger partial charge in [0.15, 0.2) is 0 Å². The molecular formula is C21H21B3O6. The van der Waals surface area contributed by atoms with Crippen LogP contribution in [0.3, 0.4) is 0 Å². The van der Waals surface area contributed by atoms with Crippen molar-refractivity contribution < 1.29 is 28.7 Å². The monoisotopic (exact) mass is 402 g/mol. The van der Waals surface area contributed by atoms with E-state index in [0.717, 1.165) is 33.3 Å². The first-order chi connectivity index (χ1) is 14.7. The highest BCUT2D eigenvalue weighted by Crippen LogP contribution is 2.13. The molecule has 0 unspecified atom stereocenters. The van der Waals surface area contributed by atoms with Crippen LogP contribution in [0.1, 0.15) is 11.1 Å². The number of hydrogen-bond donors (Lipinski definition) is 2. The first-order valence-corrected chi connectivity index (χ1v) is 9.70. The van der Waals surface area contributed by atoms with Gasteiger partial charge in [-0.15, -0.1) is 0 Å². The number of hydrogen-bond acceptors (Lipinski definition) is 6. The average molecular weight is 402 g/mol. The summed E-state index contributed by atoms with van der Waals surface area (Å²) in [5.41, 5.74) is 4.12. The Morgan fingerprint density at radius 1 is 0.600 bits per heavy atom. The van der Waals surface area contributed by atoms with Gasteiger partial charge in [0.1, 0.15) is 5.75 Å². The second-order valence-electron chi connectivity index (χ2n) is 6.98. The van der Waals surface area contributed by atoms with Gasteiger partial charge in [0.05, 0.1) is 20.3 Å². The molecule has 150 valence electrons. The Kier molecular flexibility index (Phi) is 6.57. The average Bonchev–Trinajstić information content (AvgIpc) is 2.84. The van der Waals surface area contributed by atoms with Crippen molar-refractivity contribution in [2.45, 2.75) is 13.2 Å². The molecule has 1 fully saturated rings. The summed E-state index contributed by atoms with van der Waals surface area (Å²) >= 11 is 0. The maximum absolute atomic E-state index is 9.30. The summed E-state index contributed by atoms with van der Waals surface area (Å²) in [5.74, 6) is 0.748.